The van der Waals surface area contributed by atoms with Gasteiger partial charge in [-0.05, 0) is 43.9 Å². The van der Waals surface area contributed by atoms with Crippen LogP contribution in [0, 0.1) is 6.92 Å². The van der Waals surface area contributed by atoms with Crippen molar-refractivity contribution in [1.82, 2.24) is 0 Å². The third-order valence-electron chi connectivity index (χ3n) is 2.73. The van der Waals surface area contributed by atoms with Gasteiger partial charge in [-0.2, -0.15) is 0 Å². The van der Waals surface area contributed by atoms with E-state index in [1.807, 2.05) is 25.1 Å². The van der Waals surface area contributed by atoms with Gasteiger partial charge in [0, 0.05) is 5.56 Å². The predicted molar refractivity (Wildman–Crippen MR) is 54.8 cm³/mol. The molecular weight excluding hydrogens is 176 g/mol. The van der Waals surface area contributed by atoms with Crippen molar-refractivity contribution in [1.29, 1.82) is 0 Å². The van der Waals surface area contributed by atoms with Crippen LogP contribution in [0.3, 0.4) is 0 Å². The molecule has 0 aromatic heterocycles. The molecule has 0 heterocycles. The van der Waals surface area contributed by atoms with Crippen LogP contribution in [0.2, 0.25) is 0 Å². The lowest BCUT2D eigenvalue weighted by Gasteiger charge is -2.26. The van der Waals surface area contributed by atoms with E-state index >= 15 is 0 Å². The molecule has 1 saturated carbocycles. The summed E-state index contributed by atoms with van der Waals surface area (Å²) >= 11 is 0. The standard InChI is InChI=1S/C12H14O2/c1-9-5-6-12(7-10(9)8-13)14-11-3-2-4-11/h5-8,11H,2-4H2,1H3. The first-order valence-electron chi connectivity index (χ1n) is 5.02. The molecule has 0 atom stereocenters. The molecule has 74 valence electrons. The van der Waals surface area contributed by atoms with Crippen molar-refractivity contribution in [2.45, 2.75) is 32.3 Å². The lowest BCUT2D eigenvalue weighted by Crippen LogP contribution is -2.24. The van der Waals surface area contributed by atoms with Gasteiger partial charge in [0.25, 0.3) is 0 Å². The summed E-state index contributed by atoms with van der Waals surface area (Å²) in [5.41, 5.74) is 1.72. The molecule has 1 aliphatic rings. The summed E-state index contributed by atoms with van der Waals surface area (Å²) in [6.07, 6.45) is 4.80. The molecule has 0 spiro atoms. The number of aryl methyl sites for hydroxylation is 1. The van der Waals surface area contributed by atoms with Crippen molar-refractivity contribution >= 4 is 6.29 Å². The Morgan fingerprint density at radius 1 is 1.43 bits per heavy atom. The van der Waals surface area contributed by atoms with Gasteiger partial charge >= 0.3 is 0 Å². The molecule has 2 rings (SSSR count). The van der Waals surface area contributed by atoms with Gasteiger partial charge < -0.3 is 4.74 Å². The van der Waals surface area contributed by atoms with E-state index in [0.717, 1.165) is 36.0 Å². The summed E-state index contributed by atoms with van der Waals surface area (Å²) in [5.74, 6) is 0.822. The molecule has 1 fully saturated rings. The number of hydrogen-bond acceptors (Lipinski definition) is 2. The molecule has 1 aromatic rings. The van der Waals surface area contributed by atoms with Crippen molar-refractivity contribution in [3.05, 3.63) is 29.3 Å². The average Bonchev–Trinajstić information content (AvgIpc) is 2.14. The quantitative estimate of drug-likeness (QED) is 0.685. The Kier molecular flexibility index (Phi) is 2.53. The number of hydrogen-bond donors (Lipinski definition) is 0. The monoisotopic (exact) mass is 190 g/mol. The van der Waals surface area contributed by atoms with Gasteiger partial charge in [-0.25, -0.2) is 0 Å². The molecule has 0 aliphatic heterocycles. The van der Waals surface area contributed by atoms with Gasteiger partial charge in [0.1, 0.15) is 12.0 Å². The lowest BCUT2D eigenvalue weighted by molar-refractivity contribution is 0.111. The number of aldehydes is 1. The topological polar surface area (TPSA) is 26.3 Å². The van der Waals surface area contributed by atoms with Crippen LogP contribution in [-0.4, -0.2) is 12.4 Å². The molecule has 2 nitrogen and oxygen atoms in total. The Hall–Kier alpha value is -1.31. The summed E-state index contributed by atoms with van der Waals surface area (Å²) in [5, 5.41) is 0. The van der Waals surface area contributed by atoms with Gasteiger partial charge in [-0.1, -0.05) is 6.07 Å². The van der Waals surface area contributed by atoms with Crippen LogP contribution in [0.1, 0.15) is 35.2 Å². The van der Waals surface area contributed by atoms with E-state index in [4.69, 9.17) is 4.74 Å². The highest BCUT2D eigenvalue weighted by molar-refractivity contribution is 5.77. The number of rotatable bonds is 3. The van der Waals surface area contributed by atoms with Crippen molar-refractivity contribution in [2.24, 2.45) is 0 Å². The Balaban J connectivity index is 2.13. The number of benzene rings is 1. The Morgan fingerprint density at radius 3 is 2.79 bits per heavy atom. The van der Waals surface area contributed by atoms with Gasteiger partial charge in [0.2, 0.25) is 0 Å². The fraction of sp³-hybridized carbons (Fsp3) is 0.417. The maximum absolute atomic E-state index is 10.7. The Bertz CT molecular complexity index is 340. The second-order valence-electron chi connectivity index (χ2n) is 3.81. The lowest BCUT2D eigenvalue weighted by atomic mass is 9.96. The molecule has 0 bridgehead atoms. The third kappa shape index (κ3) is 1.79. The van der Waals surface area contributed by atoms with Gasteiger partial charge in [0.15, 0.2) is 0 Å². The van der Waals surface area contributed by atoms with Gasteiger partial charge in [-0.3, -0.25) is 4.79 Å². The minimum atomic E-state index is 0.372. The van der Waals surface area contributed by atoms with Gasteiger partial charge in [-0.15, -0.1) is 0 Å². The fourth-order valence-corrected chi connectivity index (χ4v) is 1.50. The summed E-state index contributed by atoms with van der Waals surface area (Å²) in [4.78, 5) is 10.7. The first-order valence-corrected chi connectivity index (χ1v) is 5.02. The SMILES string of the molecule is Cc1ccc(OC2CCC2)cc1C=O. The largest absolute Gasteiger partial charge is 0.490 e. The first kappa shape index (κ1) is 9.25. The highest BCUT2D eigenvalue weighted by Gasteiger charge is 2.19. The average molecular weight is 190 g/mol. The Labute approximate surface area is 83.9 Å². The number of ether oxygens (including phenoxy) is 1. The second-order valence-corrected chi connectivity index (χ2v) is 3.81. The van der Waals surface area contributed by atoms with Crippen LogP contribution >= 0.6 is 0 Å². The van der Waals surface area contributed by atoms with Crippen LogP contribution in [0.25, 0.3) is 0 Å². The van der Waals surface area contributed by atoms with E-state index in [1.165, 1.54) is 6.42 Å². The molecule has 1 aromatic carbocycles. The summed E-state index contributed by atoms with van der Waals surface area (Å²) in [7, 11) is 0. The van der Waals surface area contributed by atoms with Crippen molar-refractivity contribution in [3.63, 3.8) is 0 Å². The molecule has 0 amide bonds. The van der Waals surface area contributed by atoms with Crippen molar-refractivity contribution in [3.8, 4) is 5.75 Å². The highest BCUT2D eigenvalue weighted by atomic mass is 16.5. The molecular formula is C12H14O2. The van der Waals surface area contributed by atoms with E-state index in [2.05, 4.69) is 0 Å². The summed E-state index contributed by atoms with van der Waals surface area (Å²) in [6.45, 7) is 1.93. The van der Waals surface area contributed by atoms with Crippen LogP contribution in [0.15, 0.2) is 18.2 Å². The number of carbonyl (C=O) groups is 1. The zero-order valence-corrected chi connectivity index (χ0v) is 8.32. The molecule has 1 aliphatic carbocycles. The maximum atomic E-state index is 10.7. The van der Waals surface area contributed by atoms with Crippen LogP contribution in [-0.2, 0) is 0 Å². The van der Waals surface area contributed by atoms with E-state index in [9.17, 15) is 4.79 Å². The van der Waals surface area contributed by atoms with Crippen molar-refractivity contribution in [2.75, 3.05) is 0 Å². The fourth-order valence-electron chi connectivity index (χ4n) is 1.50. The van der Waals surface area contributed by atoms with E-state index in [-0.39, 0.29) is 0 Å². The third-order valence-corrected chi connectivity index (χ3v) is 2.73. The maximum Gasteiger partial charge on any atom is 0.150 e. The minimum Gasteiger partial charge on any atom is -0.490 e. The smallest absolute Gasteiger partial charge is 0.150 e. The highest BCUT2D eigenvalue weighted by Crippen LogP contribution is 2.26. The summed E-state index contributed by atoms with van der Waals surface area (Å²) in [6, 6.07) is 5.68. The van der Waals surface area contributed by atoms with Gasteiger partial charge in [0.05, 0.1) is 6.10 Å². The molecule has 0 saturated heterocycles. The van der Waals surface area contributed by atoms with E-state index in [1.54, 1.807) is 0 Å². The zero-order chi connectivity index (χ0) is 9.97. The van der Waals surface area contributed by atoms with Crippen LogP contribution in [0.5, 0.6) is 5.75 Å². The molecule has 14 heavy (non-hydrogen) atoms. The van der Waals surface area contributed by atoms with Crippen LogP contribution < -0.4 is 4.74 Å². The molecule has 0 radical (unpaired) electrons. The van der Waals surface area contributed by atoms with E-state index < -0.39 is 0 Å². The molecule has 0 unspecified atom stereocenters. The van der Waals surface area contributed by atoms with E-state index in [0.29, 0.717) is 6.10 Å². The second kappa shape index (κ2) is 3.82. The molecule has 0 N–H and O–H groups in total. The predicted octanol–water partition coefficient (Wildman–Crippen LogP) is 2.74. The molecule has 2 heteroatoms. The van der Waals surface area contributed by atoms with Crippen LogP contribution in [0.4, 0.5) is 0 Å². The Morgan fingerprint density at radius 2 is 2.21 bits per heavy atom. The summed E-state index contributed by atoms with van der Waals surface area (Å²) < 4.78 is 5.69. The van der Waals surface area contributed by atoms with Crippen molar-refractivity contribution < 1.29 is 9.53 Å². The normalized spacial score (nSPS) is 16.1. The number of carbonyl (C=O) groups excluding carboxylic acids is 1. The zero-order valence-electron chi connectivity index (χ0n) is 8.32. The first-order chi connectivity index (χ1) is 6.79. The minimum absolute atomic E-state index is 0.372.